The van der Waals surface area contributed by atoms with E-state index in [4.69, 9.17) is 0 Å². The molecule has 6 heteroatoms. The third-order valence-corrected chi connectivity index (χ3v) is 3.59. The molecule has 0 fully saturated rings. The van der Waals surface area contributed by atoms with Crippen LogP contribution < -0.4 is 33.7 Å². The standard InChI is InChI=1S/C15H24O4S.Na/c1-2-3-4-5-6-7-8-9-14-10-12-15(13-11-14)19-20(16,17)18;/h10-13H,2-9H2,1H3,(H,16,17,18);/q;+1/p-1. The van der Waals surface area contributed by atoms with Gasteiger partial charge in [0, 0.05) is 0 Å². The normalized spacial score (nSPS) is 11.0. The molecule has 0 bridgehead atoms. The fourth-order valence-electron chi connectivity index (χ4n) is 2.12. The summed E-state index contributed by atoms with van der Waals surface area (Å²) < 4.78 is 35.5. The minimum Gasteiger partial charge on any atom is -0.716 e. The second-order valence-corrected chi connectivity index (χ2v) is 5.99. The van der Waals surface area contributed by atoms with Gasteiger partial charge in [0.15, 0.2) is 0 Å². The fraction of sp³-hybridized carbons (Fsp3) is 0.600. The quantitative estimate of drug-likeness (QED) is 0.277. The summed E-state index contributed by atoms with van der Waals surface area (Å²) in [5, 5.41) is 0. The number of rotatable bonds is 10. The maximum Gasteiger partial charge on any atom is 1.00 e. The Labute approximate surface area is 150 Å². The zero-order chi connectivity index (χ0) is 14.8. The number of aryl methyl sites for hydroxylation is 1. The molecule has 0 aliphatic heterocycles. The average Bonchev–Trinajstić information content (AvgIpc) is 2.38. The minimum atomic E-state index is -4.67. The van der Waals surface area contributed by atoms with Crippen LogP contribution in [-0.2, 0) is 16.8 Å². The summed E-state index contributed by atoms with van der Waals surface area (Å²) >= 11 is 0. The van der Waals surface area contributed by atoms with Crippen LogP contribution in [0.25, 0.3) is 0 Å². The third-order valence-electron chi connectivity index (χ3n) is 3.19. The summed E-state index contributed by atoms with van der Waals surface area (Å²) in [6.07, 6.45) is 9.82. The number of hydrogen-bond donors (Lipinski definition) is 0. The zero-order valence-electron chi connectivity index (χ0n) is 13.0. The van der Waals surface area contributed by atoms with Crippen LogP contribution in [0.1, 0.15) is 57.4 Å². The maximum absolute atomic E-state index is 10.4. The van der Waals surface area contributed by atoms with Crippen molar-refractivity contribution in [1.29, 1.82) is 0 Å². The van der Waals surface area contributed by atoms with Crippen molar-refractivity contribution in [3.63, 3.8) is 0 Å². The van der Waals surface area contributed by atoms with Crippen LogP contribution >= 0.6 is 0 Å². The molecule has 0 radical (unpaired) electrons. The molecule has 1 aromatic carbocycles. The monoisotopic (exact) mass is 322 g/mol. The molecule has 21 heavy (non-hydrogen) atoms. The molecule has 0 amide bonds. The van der Waals surface area contributed by atoms with Crippen molar-refractivity contribution in [3.05, 3.63) is 29.8 Å². The Morgan fingerprint density at radius 1 is 0.952 bits per heavy atom. The first-order valence-corrected chi connectivity index (χ1v) is 8.59. The molecule has 0 N–H and O–H groups in total. The molecule has 0 aliphatic carbocycles. The van der Waals surface area contributed by atoms with Gasteiger partial charge in [-0.15, -0.1) is 0 Å². The van der Waals surface area contributed by atoms with Gasteiger partial charge >= 0.3 is 29.6 Å². The molecule has 0 saturated carbocycles. The zero-order valence-corrected chi connectivity index (χ0v) is 15.8. The predicted octanol–water partition coefficient (Wildman–Crippen LogP) is 0.823. The summed E-state index contributed by atoms with van der Waals surface area (Å²) in [7, 11) is -4.67. The Morgan fingerprint density at radius 3 is 2.00 bits per heavy atom. The van der Waals surface area contributed by atoms with Crippen molar-refractivity contribution < 1.29 is 46.7 Å². The molecule has 0 atom stereocenters. The van der Waals surface area contributed by atoms with Gasteiger partial charge in [-0.2, -0.15) is 0 Å². The van der Waals surface area contributed by atoms with Gasteiger partial charge in [0.1, 0.15) is 5.75 Å². The molecular weight excluding hydrogens is 299 g/mol. The minimum absolute atomic E-state index is 0. The molecule has 4 nitrogen and oxygen atoms in total. The van der Waals surface area contributed by atoms with E-state index in [-0.39, 0.29) is 35.3 Å². The fourth-order valence-corrected chi connectivity index (χ4v) is 2.46. The van der Waals surface area contributed by atoms with E-state index in [1.165, 1.54) is 50.7 Å². The van der Waals surface area contributed by atoms with Gasteiger partial charge in [-0.05, 0) is 30.5 Å². The largest absolute Gasteiger partial charge is 1.00 e. The van der Waals surface area contributed by atoms with Crippen molar-refractivity contribution in [1.82, 2.24) is 0 Å². The smallest absolute Gasteiger partial charge is 0.716 e. The molecule has 0 heterocycles. The first-order chi connectivity index (χ1) is 9.51. The summed E-state index contributed by atoms with van der Waals surface area (Å²) in [5.74, 6) is 0.0725. The molecule has 0 unspecified atom stereocenters. The summed E-state index contributed by atoms with van der Waals surface area (Å²) in [6, 6.07) is 6.65. The van der Waals surface area contributed by atoms with Gasteiger partial charge < -0.3 is 8.74 Å². The summed E-state index contributed by atoms with van der Waals surface area (Å²) in [6.45, 7) is 2.21. The molecule has 1 rings (SSSR count). The molecule has 114 valence electrons. The van der Waals surface area contributed by atoms with Gasteiger partial charge in [-0.3, -0.25) is 0 Å². The van der Waals surface area contributed by atoms with Crippen LogP contribution in [0.2, 0.25) is 0 Å². The number of unbranched alkanes of at least 4 members (excludes halogenated alkanes) is 6. The van der Waals surface area contributed by atoms with Crippen molar-refractivity contribution in [2.24, 2.45) is 0 Å². The Morgan fingerprint density at radius 2 is 1.48 bits per heavy atom. The first-order valence-electron chi connectivity index (χ1n) is 7.25. The summed E-state index contributed by atoms with van der Waals surface area (Å²) in [4.78, 5) is 0. The second kappa shape index (κ2) is 11.5. The topological polar surface area (TPSA) is 66.4 Å². The molecule has 1 aromatic rings. The summed E-state index contributed by atoms with van der Waals surface area (Å²) in [5.41, 5.74) is 1.13. The maximum atomic E-state index is 10.4. The molecule has 0 aromatic heterocycles. The Hall–Kier alpha value is -0.0700. The van der Waals surface area contributed by atoms with Crippen molar-refractivity contribution in [2.75, 3.05) is 0 Å². The van der Waals surface area contributed by atoms with Gasteiger partial charge in [0.05, 0.1) is 0 Å². The SMILES string of the molecule is CCCCCCCCCc1ccc(OS(=O)(=O)[O-])cc1.[Na+]. The van der Waals surface area contributed by atoms with E-state index in [9.17, 15) is 13.0 Å². The van der Waals surface area contributed by atoms with E-state index >= 15 is 0 Å². The van der Waals surface area contributed by atoms with Gasteiger partial charge in [-0.25, -0.2) is 8.42 Å². The predicted molar refractivity (Wildman–Crippen MR) is 78.5 cm³/mol. The van der Waals surface area contributed by atoms with Gasteiger partial charge in [0.25, 0.3) is 10.4 Å². The van der Waals surface area contributed by atoms with Gasteiger partial charge in [0.2, 0.25) is 0 Å². The number of benzene rings is 1. The Bertz CT molecular complexity index is 471. The van der Waals surface area contributed by atoms with Crippen molar-refractivity contribution in [3.8, 4) is 5.75 Å². The third kappa shape index (κ3) is 11.2. The Kier molecular flexibility index (Phi) is 11.5. The van der Waals surface area contributed by atoms with E-state index in [2.05, 4.69) is 11.1 Å². The first kappa shape index (κ1) is 20.9. The van der Waals surface area contributed by atoms with Crippen LogP contribution in [0.3, 0.4) is 0 Å². The van der Waals surface area contributed by atoms with E-state index in [1.807, 2.05) is 0 Å². The molecule has 0 spiro atoms. The molecule has 0 aliphatic rings. The second-order valence-electron chi connectivity index (χ2n) is 5.01. The molecule has 0 saturated heterocycles. The van der Waals surface area contributed by atoms with Crippen LogP contribution in [0, 0.1) is 0 Å². The van der Waals surface area contributed by atoms with Crippen molar-refractivity contribution in [2.45, 2.75) is 58.3 Å². The van der Waals surface area contributed by atoms with E-state index in [0.29, 0.717) is 0 Å². The molecular formula is C15H23NaO4S. The van der Waals surface area contributed by atoms with Crippen LogP contribution in [0.15, 0.2) is 24.3 Å². The van der Waals surface area contributed by atoms with Gasteiger partial charge in [-0.1, -0.05) is 57.6 Å². The van der Waals surface area contributed by atoms with E-state index in [1.54, 1.807) is 12.1 Å². The number of hydrogen-bond acceptors (Lipinski definition) is 4. The van der Waals surface area contributed by atoms with Crippen molar-refractivity contribution >= 4 is 10.4 Å². The van der Waals surface area contributed by atoms with E-state index < -0.39 is 10.4 Å². The van der Waals surface area contributed by atoms with Crippen LogP contribution in [-0.4, -0.2) is 13.0 Å². The van der Waals surface area contributed by atoms with Crippen LogP contribution in [0.5, 0.6) is 5.75 Å². The van der Waals surface area contributed by atoms with Crippen LogP contribution in [0.4, 0.5) is 0 Å². The Balaban J connectivity index is 0.00000400. The average molecular weight is 322 g/mol. The van der Waals surface area contributed by atoms with E-state index in [0.717, 1.165) is 18.4 Å².